The number of allylic oxidation sites excluding steroid dienone is 4. The van der Waals surface area contributed by atoms with Gasteiger partial charge in [-0.05, 0) is 25.2 Å². The number of aliphatic carboxylic acids is 3. The number of unbranched alkanes of at least 4 members (excludes halogenated alkanes) is 6. The second kappa shape index (κ2) is 13.1. The Morgan fingerprint density at radius 3 is 2.11 bits per heavy atom. The average molecular weight is 395 g/mol. The molecular weight excluding hydrogens is 360 g/mol. The van der Waals surface area contributed by atoms with Gasteiger partial charge >= 0.3 is 17.9 Å². The van der Waals surface area contributed by atoms with E-state index in [1.807, 2.05) is 24.3 Å². The minimum Gasteiger partial charge on any atom is -0.481 e. The molecule has 0 fully saturated rings. The van der Waals surface area contributed by atoms with Gasteiger partial charge in [0.05, 0.1) is 11.8 Å². The summed E-state index contributed by atoms with van der Waals surface area (Å²) in [7, 11) is 0. The summed E-state index contributed by atoms with van der Waals surface area (Å²) in [6, 6.07) is 0. The summed E-state index contributed by atoms with van der Waals surface area (Å²) in [6.45, 7) is 2.09. The van der Waals surface area contributed by atoms with E-state index in [0.29, 0.717) is 12.8 Å². The first-order valence-electron chi connectivity index (χ1n) is 10.4. The van der Waals surface area contributed by atoms with E-state index in [1.165, 1.54) is 0 Å². The second-order valence-corrected chi connectivity index (χ2v) is 7.62. The lowest BCUT2D eigenvalue weighted by Gasteiger charge is -2.33. The van der Waals surface area contributed by atoms with Crippen LogP contribution in [0.4, 0.5) is 0 Å². The first-order valence-corrected chi connectivity index (χ1v) is 10.4. The van der Waals surface area contributed by atoms with Crippen molar-refractivity contribution in [1.82, 2.24) is 0 Å². The number of carboxylic acid groups (broad SMARTS) is 3. The molecule has 0 spiro atoms. The SMILES string of the molecule is CCCC/C=C/C1C=CC(CCCCCCCC(=O)O)[C@@H](C(=O)O)[C@@H]1C(=O)O. The van der Waals surface area contributed by atoms with Gasteiger partial charge in [0.2, 0.25) is 0 Å². The number of carbonyl (C=O) groups is 3. The molecule has 0 aromatic rings. The molecule has 1 aliphatic carbocycles. The van der Waals surface area contributed by atoms with Crippen molar-refractivity contribution in [3.05, 3.63) is 24.3 Å². The maximum absolute atomic E-state index is 11.9. The van der Waals surface area contributed by atoms with Gasteiger partial charge in [0.15, 0.2) is 0 Å². The lowest BCUT2D eigenvalue weighted by atomic mass is 9.69. The molecule has 0 radical (unpaired) electrons. The molecule has 28 heavy (non-hydrogen) atoms. The van der Waals surface area contributed by atoms with E-state index < -0.39 is 29.7 Å². The smallest absolute Gasteiger partial charge is 0.308 e. The van der Waals surface area contributed by atoms with Crippen molar-refractivity contribution in [2.75, 3.05) is 0 Å². The molecule has 0 saturated heterocycles. The fraction of sp³-hybridized carbons (Fsp3) is 0.682. The van der Waals surface area contributed by atoms with Crippen molar-refractivity contribution >= 4 is 17.9 Å². The molecule has 6 nitrogen and oxygen atoms in total. The molecule has 2 unspecified atom stereocenters. The van der Waals surface area contributed by atoms with Crippen LogP contribution in [0.5, 0.6) is 0 Å². The van der Waals surface area contributed by atoms with Crippen LogP contribution in [-0.2, 0) is 14.4 Å². The molecule has 0 heterocycles. The zero-order valence-corrected chi connectivity index (χ0v) is 16.8. The molecule has 0 bridgehead atoms. The van der Waals surface area contributed by atoms with Gasteiger partial charge in [-0.15, -0.1) is 0 Å². The van der Waals surface area contributed by atoms with E-state index in [2.05, 4.69) is 6.92 Å². The summed E-state index contributed by atoms with van der Waals surface area (Å²) >= 11 is 0. The Morgan fingerprint density at radius 1 is 0.857 bits per heavy atom. The number of carboxylic acids is 3. The largest absolute Gasteiger partial charge is 0.481 e. The van der Waals surface area contributed by atoms with Crippen molar-refractivity contribution in [3.63, 3.8) is 0 Å². The number of rotatable bonds is 14. The van der Waals surface area contributed by atoms with Crippen molar-refractivity contribution < 1.29 is 29.7 Å². The average Bonchev–Trinajstić information content (AvgIpc) is 2.63. The Labute approximate surface area is 167 Å². The van der Waals surface area contributed by atoms with Crippen LogP contribution in [0.3, 0.4) is 0 Å². The van der Waals surface area contributed by atoms with Crippen molar-refractivity contribution in [2.24, 2.45) is 23.7 Å². The Balaban J connectivity index is 2.65. The van der Waals surface area contributed by atoms with Crippen LogP contribution in [-0.4, -0.2) is 33.2 Å². The summed E-state index contributed by atoms with van der Waals surface area (Å²) in [5.41, 5.74) is 0. The normalized spacial score (nSPS) is 24.5. The molecule has 6 heteroatoms. The van der Waals surface area contributed by atoms with Gasteiger partial charge in [-0.2, -0.15) is 0 Å². The Bertz CT molecular complexity index is 565. The van der Waals surface area contributed by atoms with Gasteiger partial charge in [-0.1, -0.05) is 69.8 Å². The van der Waals surface area contributed by atoms with E-state index in [9.17, 15) is 24.6 Å². The highest BCUT2D eigenvalue weighted by molar-refractivity contribution is 5.81. The van der Waals surface area contributed by atoms with Crippen LogP contribution in [0.2, 0.25) is 0 Å². The minimum atomic E-state index is -1.06. The lowest BCUT2D eigenvalue weighted by molar-refractivity contribution is -0.157. The van der Waals surface area contributed by atoms with E-state index in [-0.39, 0.29) is 18.3 Å². The second-order valence-electron chi connectivity index (χ2n) is 7.62. The minimum absolute atomic E-state index is 0.180. The van der Waals surface area contributed by atoms with Gasteiger partial charge in [0, 0.05) is 12.3 Å². The fourth-order valence-corrected chi connectivity index (χ4v) is 3.89. The molecule has 0 saturated carbocycles. The Hall–Kier alpha value is -2.11. The molecule has 1 rings (SSSR count). The van der Waals surface area contributed by atoms with E-state index >= 15 is 0 Å². The van der Waals surface area contributed by atoms with E-state index in [0.717, 1.165) is 44.9 Å². The Morgan fingerprint density at radius 2 is 1.50 bits per heavy atom. The van der Waals surface area contributed by atoms with Crippen LogP contribution in [0.1, 0.15) is 71.1 Å². The molecule has 1 aliphatic rings. The van der Waals surface area contributed by atoms with Gasteiger partial charge in [0.1, 0.15) is 0 Å². The van der Waals surface area contributed by atoms with Crippen LogP contribution >= 0.6 is 0 Å². The highest BCUT2D eigenvalue weighted by Crippen LogP contribution is 2.38. The highest BCUT2D eigenvalue weighted by Gasteiger charge is 2.44. The maximum Gasteiger partial charge on any atom is 0.308 e. The van der Waals surface area contributed by atoms with E-state index in [1.54, 1.807) is 0 Å². The predicted octanol–water partition coefficient (Wildman–Crippen LogP) is 4.75. The molecule has 3 N–H and O–H groups in total. The summed E-state index contributed by atoms with van der Waals surface area (Å²) in [6.07, 6.45) is 15.5. The predicted molar refractivity (Wildman–Crippen MR) is 107 cm³/mol. The first-order chi connectivity index (χ1) is 13.4. The quantitative estimate of drug-likeness (QED) is 0.289. The third kappa shape index (κ3) is 8.28. The van der Waals surface area contributed by atoms with Gasteiger partial charge in [-0.25, -0.2) is 0 Å². The summed E-state index contributed by atoms with van der Waals surface area (Å²) in [5, 5.41) is 28.0. The van der Waals surface area contributed by atoms with Crippen molar-refractivity contribution in [1.29, 1.82) is 0 Å². The molecule has 0 aromatic heterocycles. The fourth-order valence-electron chi connectivity index (χ4n) is 3.89. The zero-order valence-electron chi connectivity index (χ0n) is 16.8. The molecule has 0 amide bonds. The Kier molecular flexibility index (Phi) is 11.2. The van der Waals surface area contributed by atoms with Crippen LogP contribution < -0.4 is 0 Å². The third-order valence-electron chi connectivity index (χ3n) is 5.42. The molecular formula is C22H34O6. The molecule has 0 aromatic carbocycles. The van der Waals surface area contributed by atoms with Gasteiger partial charge in [0.25, 0.3) is 0 Å². The monoisotopic (exact) mass is 394 g/mol. The third-order valence-corrected chi connectivity index (χ3v) is 5.42. The van der Waals surface area contributed by atoms with Crippen LogP contribution in [0.15, 0.2) is 24.3 Å². The first kappa shape index (κ1) is 23.9. The van der Waals surface area contributed by atoms with Crippen molar-refractivity contribution in [3.8, 4) is 0 Å². The number of hydrogen-bond acceptors (Lipinski definition) is 3. The lowest BCUT2D eigenvalue weighted by Crippen LogP contribution is -2.41. The van der Waals surface area contributed by atoms with Crippen LogP contribution in [0.25, 0.3) is 0 Å². The summed E-state index contributed by atoms with van der Waals surface area (Å²) in [5.74, 6) is -5.41. The summed E-state index contributed by atoms with van der Waals surface area (Å²) in [4.78, 5) is 34.2. The summed E-state index contributed by atoms with van der Waals surface area (Å²) < 4.78 is 0. The van der Waals surface area contributed by atoms with Crippen molar-refractivity contribution in [2.45, 2.75) is 71.1 Å². The highest BCUT2D eigenvalue weighted by atomic mass is 16.4. The maximum atomic E-state index is 11.9. The van der Waals surface area contributed by atoms with Crippen LogP contribution in [0, 0.1) is 23.7 Å². The molecule has 4 atom stereocenters. The zero-order chi connectivity index (χ0) is 20.9. The van der Waals surface area contributed by atoms with Gasteiger partial charge in [-0.3, -0.25) is 14.4 Å². The van der Waals surface area contributed by atoms with Gasteiger partial charge < -0.3 is 15.3 Å². The number of hydrogen-bond donors (Lipinski definition) is 3. The molecule has 0 aliphatic heterocycles. The molecule has 158 valence electrons. The topological polar surface area (TPSA) is 112 Å². The standard InChI is InChI=1S/C22H34O6/c1-2-3-4-8-11-16-14-15-17(20(22(27)28)19(16)21(25)26)12-9-6-5-7-10-13-18(23)24/h8,11,14-17,19-20H,2-7,9-10,12-13H2,1H3,(H,23,24)(H,25,26)(H,27,28)/b11-8+/t16?,17?,19-,20-/m1/s1. The van der Waals surface area contributed by atoms with E-state index in [4.69, 9.17) is 5.11 Å².